The molecule has 0 radical (unpaired) electrons. The van der Waals surface area contributed by atoms with Crippen LogP contribution >= 0.6 is 0 Å². The Morgan fingerprint density at radius 3 is 2.44 bits per heavy atom. The number of carboxylic acids is 1. The molecule has 0 aliphatic heterocycles. The number of rotatable bonds is 7. The van der Waals surface area contributed by atoms with Gasteiger partial charge in [-0.15, -0.1) is 0 Å². The Bertz CT molecular complexity index is 373. The Balaban J connectivity index is 2.60. The molecule has 18 heavy (non-hydrogen) atoms. The smallest absolute Gasteiger partial charge is 0.310 e. The molecule has 0 unspecified atom stereocenters. The Kier molecular flexibility index (Phi) is 5.55. The molecule has 1 saturated carbocycles. The van der Waals surface area contributed by atoms with Gasteiger partial charge in [-0.05, 0) is 12.8 Å². The number of nitrogens with one attached hydrogen (secondary N) is 1. The standard InChI is InChI=1S/C11H21NO5S/c1-17-7-8-18(15,16)12-9-11(10(13)14)5-3-2-4-6-11/h12H,2-9H2,1H3,(H,13,14). The van der Waals surface area contributed by atoms with Gasteiger partial charge in [0, 0.05) is 13.7 Å². The lowest BCUT2D eigenvalue weighted by molar-refractivity contribution is -0.150. The minimum Gasteiger partial charge on any atom is -0.481 e. The number of aliphatic carboxylic acids is 1. The molecule has 0 spiro atoms. The van der Waals surface area contributed by atoms with Crippen molar-refractivity contribution in [2.24, 2.45) is 5.41 Å². The quantitative estimate of drug-likeness (QED) is 0.711. The first kappa shape index (κ1) is 15.4. The van der Waals surface area contributed by atoms with Gasteiger partial charge in [0.2, 0.25) is 10.0 Å². The zero-order valence-electron chi connectivity index (χ0n) is 10.6. The Labute approximate surface area is 108 Å². The predicted molar refractivity (Wildman–Crippen MR) is 66.8 cm³/mol. The second kappa shape index (κ2) is 6.49. The average Bonchev–Trinajstić information content (AvgIpc) is 2.35. The summed E-state index contributed by atoms with van der Waals surface area (Å²) in [4.78, 5) is 11.3. The average molecular weight is 279 g/mol. The maximum Gasteiger partial charge on any atom is 0.310 e. The van der Waals surface area contributed by atoms with Crippen molar-refractivity contribution in [3.63, 3.8) is 0 Å². The summed E-state index contributed by atoms with van der Waals surface area (Å²) in [5.41, 5.74) is -0.932. The number of hydrogen-bond acceptors (Lipinski definition) is 4. The van der Waals surface area contributed by atoms with Gasteiger partial charge in [-0.1, -0.05) is 19.3 Å². The Morgan fingerprint density at radius 1 is 1.33 bits per heavy atom. The van der Waals surface area contributed by atoms with Crippen LogP contribution in [0, 0.1) is 5.41 Å². The molecular formula is C11H21NO5S. The summed E-state index contributed by atoms with van der Waals surface area (Å²) in [5, 5.41) is 9.30. The zero-order valence-corrected chi connectivity index (χ0v) is 11.5. The van der Waals surface area contributed by atoms with Crippen molar-refractivity contribution in [1.82, 2.24) is 4.72 Å². The van der Waals surface area contributed by atoms with Gasteiger partial charge < -0.3 is 9.84 Å². The fourth-order valence-electron chi connectivity index (χ4n) is 2.21. The van der Waals surface area contributed by atoms with Crippen molar-refractivity contribution in [2.45, 2.75) is 32.1 Å². The maximum absolute atomic E-state index is 11.6. The summed E-state index contributed by atoms with van der Waals surface area (Å²) in [7, 11) is -2.03. The highest BCUT2D eigenvalue weighted by atomic mass is 32.2. The largest absolute Gasteiger partial charge is 0.481 e. The molecule has 0 atom stereocenters. The van der Waals surface area contributed by atoms with E-state index in [1.165, 1.54) is 7.11 Å². The van der Waals surface area contributed by atoms with Crippen LogP contribution in [0.3, 0.4) is 0 Å². The van der Waals surface area contributed by atoms with Crippen LogP contribution in [0.4, 0.5) is 0 Å². The van der Waals surface area contributed by atoms with Gasteiger partial charge in [-0.3, -0.25) is 4.79 Å². The second-order valence-corrected chi connectivity index (χ2v) is 6.71. The summed E-state index contributed by atoms with van der Waals surface area (Å²) in [5.74, 6) is -1.05. The molecule has 1 rings (SSSR count). The molecule has 1 aliphatic rings. The Morgan fingerprint density at radius 2 is 1.94 bits per heavy atom. The lowest BCUT2D eigenvalue weighted by atomic mass is 9.74. The maximum atomic E-state index is 11.6. The van der Waals surface area contributed by atoms with E-state index in [1.54, 1.807) is 0 Å². The molecule has 0 bridgehead atoms. The molecule has 0 heterocycles. The van der Waals surface area contributed by atoms with E-state index in [-0.39, 0.29) is 18.9 Å². The van der Waals surface area contributed by atoms with Crippen LogP contribution in [-0.2, 0) is 19.6 Å². The van der Waals surface area contributed by atoms with Gasteiger partial charge in [-0.2, -0.15) is 0 Å². The first-order valence-electron chi connectivity index (χ1n) is 6.12. The third-order valence-electron chi connectivity index (χ3n) is 3.45. The normalized spacial score (nSPS) is 19.6. The second-order valence-electron chi connectivity index (χ2n) is 4.78. The number of methoxy groups -OCH3 is 1. The highest BCUT2D eigenvalue weighted by Crippen LogP contribution is 2.36. The fourth-order valence-corrected chi connectivity index (χ4v) is 3.23. The van der Waals surface area contributed by atoms with Crippen LogP contribution in [0.5, 0.6) is 0 Å². The van der Waals surface area contributed by atoms with E-state index in [0.29, 0.717) is 12.8 Å². The van der Waals surface area contributed by atoms with Crippen molar-refractivity contribution in [2.75, 3.05) is 26.0 Å². The number of carbonyl (C=O) groups is 1. The molecule has 0 saturated heterocycles. The monoisotopic (exact) mass is 279 g/mol. The van der Waals surface area contributed by atoms with E-state index >= 15 is 0 Å². The fraction of sp³-hybridized carbons (Fsp3) is 0.909. The van der Waals surface area contributed by atoms with Crippen molar-refractivity contribution < 1.29 is 23.1 Å². The van der Waals surface area contributed by atoms with E-state index < -0.39 is 21.4 Å². The summed E-state index contributed by atoms with van der Waals surface area (Å²) >= 11 is 0. The lowest BCUT2D eigenvalue weighted by Crippen LogP contribution is -2.45. The third-order valence-corrected chi connectivity index (χ3v) is 4.74. The number of sulfonamides is 1. The van der Waals surface area contributed by atoms with Gasteiger partial charge in [0.15, 0.2) is 0 Å². The minimum absolute atomic E-state index is 0.0195. The summed E-state index contributed by atoms with van der Waals surface area (Å²) in [6.45, 7) is 0.0871. The molecule has 106 valence electrons. The van der Waals surface area contributed by atoms with Crippen molar-refractivity contribution >= 4 is 16.0 Å². The first-order chi connectivity index (χ1) is 8.42. The van der Waals surface area contributed by atoms with E-state index in [4.69, 9.17) is 4.74 Å². The highest BCUT2D eigenvalue weighted by molar-refractivity contribution is 7.89. The molecule has 2 N–H and O–H groups in total. The molecular weight excluding hydrogens is 258 g/mol. The topological polar surface area (TPSA) is 92.7 Å². The SMILES string of the molecule is COCCS(=O)(=O)NCC1(C(=O)O)CCCCC1. The van der Waals surface area contributed by atoms with E-state index in [1.807, 2.05) is 0 Å². The van der Waals surface area contributed by atoms with Crippen molar-refractivity contribution in [3.8, 4) is 0 Å². The van der Waals surface area contributed by atoms with Crippen LogP contribution in [0.15, 0.2) is 0 Å². The summed E-state index contributed by atoms with van der Waals surface area (Å²) in [6.07, 6.45) is 3.77. The van der Waals surface area contributed by atoms with Gasteiger partial charge >= 0.3 is 5.97 Å². The van der Waals surface area contributed by atoms with Crippen molar-refractivity contribution in [3.05, 3.63) is 0 Å². The molecule has 0 amide bonds. The molecule has 0 aromatic carbocycles. The molecule has 1 aliphatic carbocycles. The van der Waals surface area contributed by atoms with E-state index in [0.717, 1.165) is 19.3 Å². The van der Waals surface area contributed by atoms with Gasteiger partial charge in [0.25, 0.3) is 0 Å². The number of hydrogen-bond donors (Lipinski definition) is 2. The molecule has 1 fully saturated rings. The third kappa shape index (κ3) is 4.22. The van der Waals surface area contributed by atoms with Crippen LogP contribution < -0.4 is 4.72 Å². The summed E-state index contributed by atoms with van der Waals surface area (Å²) < 4.78 is 30.3. The van der Waals surface area contributed by atoms with Gasteiger partial charge in [-0.25, -0.2) is 13.1 Å². The Hall–Kier alpha value is -0.660. The molecule has 6 nitrogen and oxygen atoms in total. The van der Waals surface area contributed by atoms with E-state index in [9.17, 15) is 18.3 Å². The van der Waals surface area contributed by atoms with Crippen LogP contribution in [0.2, 0.25) is 0 Å². The zero-order chi connectivity index (χ0) is 13.6. The molecule has 0 aromatic heterocycles. The van der Waals surface area contributed by atoms with Crippen molar-refractivity contribution in [1.29, 1.82) is 0 Å². The number of carboxylic acid groups (broad SMARTS) is 1. The lowest BCUT2D eigenvalue weighted by Gasteiger charge is -2.33. The number of ether oxygens (including phenoxy) is 1. The predicted octanol–water partition coefficient (Wildman–Crippen LogP) is 0.587. The molecule has 0 aromatic rings. The first-order valence-corrected chi connectivity index (χ1v) is 7.77. The van der Waals surface area contributed by atoms with Crippen LogP contribution in [0.1, 0.15) is 32.1 Å². The van der Waals surface area contributed by atoms with Gasteiger partial charge in [0.1, 0.15) is 0 Å². The molecule has 7 heteroatoms. The summed E-state index contributed by atoms with van der Waals surface area (Å²) in [6, 6.07) is 0. The van der Waals surface area contributed by atoms with E-state index in [2.05, 4.69) is 4.72 Å². The van der Waals surface area contributed by atoms with Crippen LogP contribution in [0.25, 0.3) is 0 Å². The van der Waals surface area contributed by atoms with Crippen LogP contribution in [-0.4, -0.2) is 45.5 Å². The van der Waals surface area contributed by atoms with Gasteiger partial charge in [0.05, 0.1) is 17.8 Å². The minimum atomic E-state index is -3.45. The highest BCUT2D eigenvalue weighted by Gasteiger charge is 2.40.